The molecule has 4 heteroatoms. The summed E-state index contributed by atoms with van der Waals surface area (Å²) in [6, 6.07) is 0. The number of nitrogens with one attached hydrogen (secondary N) is 1. The average Bonchev–Trinajstić information content (AvgIpc) is 2.93. The van der Waals surface area contributed by atoms with Crippen LogP contribution in [-0.4, -0.2) is 39.9 Å². The van der Waals surface area contributed by atoms with Gasteiger partial charge in [0.15, 0.2) is 0 Å². The van der Waals surface area contributed by atoms with Crippen LogP contribution >= 0.6 is 0 Å². The molecule has 0 radical (unpaired) electrons. The van der Waals surface area contributed by atoms with Crippen LogP contribution in [0.1, 0.15) is 19.3 Å². The standard InChI is InChI=1S/C10H19NO3/c1-13-6-5-10(3-4-10)8-11-9(12)7-14-2/h3-8H2,1-2H3,(H,11,12). The smallest absolute Gasteiger partial charge is 0.246 e. The minimum Gasteiger partial charge on any atom is -0.385 e. The molecule has 1 aliphatic carbocycles. The Balaban J connectivity index is 2.13. The van der Waals surface area contributed by atoms with Gasteiger partial charge >= 0.3 is 0 Å². The Labute approximate surface area is 85.0 Å². The minimum absolute atomic E-state index is 0.0313. The maximum Gasteiger partial charge on any atom is 0.246 e. The second kappa shape index (κ2) is 5.32. The third-order valence-electron chi connectivity index (χ3n) is 2.73. The van der Waals surface area contributed by atoms with Crippen molar-refractivity contribution in [3.8, 4) is 0 Å². The van der Waals surface area contributed by atoms with Gasteiger partial charge in [0.1, 0.15) is 6.61 Å². The summed E-state index contributed by atoms with van der Waals surface area (Å²) in [4.78, 5) is 11.1. The summed E-state index contributed by atoms with van der Waals surface area (Å²) in [5, 5.41) is 2.88. The molecule has 0 spiro atoms. The molecule has 0 unspecified atom stereocenters. The van der Waals surface area contributed by atoms with E-state index in [1.165, 1.54) is 20.0 Å². The molecule has 1 amide bonds. The van der Waals surface area contributed by atoms with E-state index in [-0.39, 0.29) is 12.5 Å². The van der Waals surface area contributed by atoms with Crippen LogP contribution < -0.4 is 5.32 Å². The fourth-order valence-corrected chi connectivity index (χ4v) is 1.48. The number of carbonyl (C=O) groups excluding carboxylic acids is 1. The normalized spacial score (nSPS) is 17.9. The summed E-state index contributed by atoms with van der Waals surface area (Å²) in [5.41, 5.74) is 0.319. The van der Waals surface area contributed by atoms with Crippen molar-refractivity contribution in [2.45, 2.75) is 19.3 Å². The Kier molecular flexibility index (Phi) is 4.35. The van der Waals surface area contributed by atoms with Crippen LogP contribution in [-0.2, 0) is 14.3 Å². The molecule has 0 atom stereocenters. The first-order valence-electron chi connectivity index (χ1n) is 4.97. The van der Waals surface area contributed by atoms with E-state index in [9.17, 15) is 4.79 Å². The Morgan fingerprint density at radius 2 is 2.07 bits per heavy atom. The first-order chi connectivity index (χ1) is 6.72. The van der Waals surface area contributed by atoms with Crippen molar-refractivity contribution in [1.29, 1.82) is 0 Å². The second-order valence-electron chi connectivity index (χ2n) is 3.95. The molecular weight excluding hydrogens is 182 g/mol. The number of methoxy groups -OCH3 is 2. The Morgan fingerprint density at radius 3 is 2.57 bits per heavy atom. The van der Waals surface area contributed by atoms with Crippen molar-refractivity contribution in [3.63, 3.8) is 0 Å². The van der Waals surface area contributed by atoms with Gasteiger partial charge in [-0.3, -0.25) is 4.79 Å². The van der Waals surface area contributed by atoms with E-state index in [1.54, 1.807) is 7.11 Å². The molecule has 0 heterocycles. The molecule has 1 N–H and O–H groups in total. The summed E-state index contributed by atoms with van der Waals surface area (Å²) >= 11 is 0. The summed E-state index contributed by atoms with van der Waals surface area (Å²) < 4.78 is 9.77. The van der Waals surface area contributed by atoms with E-state index in [0.29, 0.717) is 5.41 Å². The number of hydrogen-bond donors (Lipinski definition) is 1. The van der Waals surface area contributed by atoms with Crippen molar-refractivity contribution >= 4 is 5.91 Å². The largest absolute Gasteiger partial charge is 0.385 e. The fourth-order valence-electron chi connectivity index (χ4n) is 1.48. The molecule has 0 aromatic heterocycles. The lowest BCUT2D eigenvalue weighted by Gasteiger charge is -2.15. The number of rotatable bonds is 7. The lowest BCUT2D eigenvalue weighted by atomic mass is 10.0. The lowest BCUT2D eigenvalue weighted by Crippen LogP contribution is -2.33. The summed E-state index contributed by atoms with van der Waals surface area (Å²) in [7, 11) is 3.23. The Morgan fingerprint density at radius 1 is 1.36 bits per heavy atom. The molecule has 14 heavy (non-hydrogen) atoms. The van der Waals surface area contributed by atoms with Crippen molar-refractivity contribution in [2.24, 2.45) is 5.41 Å². The van der Waals surface area contributed by atoms with Crippen LogP contribution in [0.2, 0.25) is 0 Å². The average molecular weight is 201 g/mol. The van der Waals surface area contributed by atoms with E-state index in [2.05, 4.69) is 5.32 Å². The maximum atomic E-state index is 11.1. The third kappa shape index (κ3) is 3.64. The number of hydrogen-bond acceptors (Lipinski definition) is 3. The second-order valence-corrected chi connectivity index (χ2v) is 3.95. The molecule has 1 fully saturated rings. The van der Waals surface area contributed by atoms with Gasteiger partial charge in [0.25, 0.3) is 0 Å². The van der Waals surface area contributed by atoms with E-state index < -0.39 is 0 Å². The zero-order valence-electron chi connectivity index (χ0n) is 8.97. The van der Waals surface area contributed by atoms with Crippen molar-refractivity contribution in [3.05, 3.63) is 0 Å². The Bertz CT molecular complexity index is 190. The van der Waals surface area contributed by atoms with E-state index in [0.717, 1.165) is 19.6 Å². The van der Waals surface area contributed by atoms with Crippen LogP contribution in [0.4, 0.5) is 0 Å². The van der Waals surface area contributed by atoms with Crippen LogP contribution in [0.25, 0.3) is 0 Å². The monoisotopic (exact) mass is 201 g/mol. The molecule has 0 bridgehead atoms. The molecule has 82 valence electrons. The van der Waals surface area contributed by atoms with Crippen LogP contribution in [0, 0.1) is 5.41 Å². The van der Waals surface area contributed by atoms with Gasteiger partial charge in [-0.05, 0) is 24.7 Å². The summed E-state index contributed by atoms with van der Waals surface area (Å²) in [5.74, 6) is -0.0313. The van der Waals surface area contributed by atoms with Gasteiger partial charge in [-0.2, -0.15) is 0 Å². The predicted octanol–water partition coefficient (Wildman–Crippen LogP) is 0.566. The predicted molar refractivity (Wildman–Crippen MR) is 53.0 cm³/mol. The zero-order valence-corrected chi connectivity index (χ0v) is 8.97. The molecule has 1 rings (SSSR count). The van der Waals surface area contributed by atoms with Gasteiger partial charge in [-0.15, -0.1) is 0 Å². The molecule has 1 aliphatic rings. The summed E-state index contributed by atoms with van der Waals surface area (Å²) in [6.07, 6.45) is 3.43. The topological polar surface area (TPSA) is 47.6 Å². The van der Waals surface area contributed by atoms with Gasteiger partial charge in [0.2, 0.25) is 5.91 Å². The van der Waals surface area contributed by atoms with Crippen molar-refractivity contribution in [2.75, 3.05) is 34.0 Å². The highest BCUT2D eigenvalue weighted by atomic mass is 16.5. The minimum atomic E-state index is -0.0313. The van der Waals surface area contributed by atoms with Gasteiger partial charge in [0, 0.05) is 27.4 Å². The number of amides is 1. The van der Waals surface area contributed by atoms with Gasteiger partial charge in [-0.1, -0.05) is 0 Å². The van der Waals surface area contributed by atoms with Crippen LogP contribution in [0.3, 0.4) is 0 Å². The van der Waals surface area contributed by atoms with Crippen molar-refractivity contribution in [1.82, 2.24) is 5.32 Å². The SMILES string of the molecule is COCCC1(CNC(=O)COC)CC1. The maximum absolute atomic E-state index is 11.1. The molecule has 0 aromatic carbocycles. The first-order valence-corrected chi connectivity index (χ1v) is 4.97. The van der Waals surface area contributed by atoms with Gasteiger partial charge in [0.05, 0.1) is 0 Å². The van der Waals surface area contributed by atoms with Gasteiger partial charge < -0.3 is 14.8 Å². The molecule has 0 aliphatic heterocycles. The van der Waals surface area contributed by atoms with E-state index in [1.807, 2.05) is 0 Å². The molecule has 0 aromatic rings. The zero-order chi connectivity index (χ0) is 10.4. The highest BCUT2D eigenvalue weighted by molar-refractivity contribution is 5.77. The molecular formula is C10H19NO3. The van der Waals surface area contributed by atoms with Gasteiger partial charge in [-0.25, -0.2) is 0 Å². The van der Waals surface area contributed by atoms with E-state index >= 15 is 0 Å². The number of ether oxygens (including phenoxy) is 2. The highest BCUT2D eigenvalue weighted by Gasteiger charge is 2.41. The fraction of sp³-hybridized carbons (Fsp3) is 0.900. The highest BCUT2D eigenvalue weighted by Crippen LogP contribution is 2.48. The van der Waals surface area contributed by atoms with Crippen LogP contribution in [0.15, 0.2) is 0 Å². The summed E-state index contributed by atoms with van der Waals surface area (Å²) in [6.45, 7) is 1.69. The lowest BCUT2D eigenvalue weighted by molar-refractivity contribution is -0.125. The van der Waals surface area contributed by atoms with Crippen LogP contribution in [0.5, 0.6) is 0 Å². The Hall–Kier alpha value is -0.610. The van der Waals surface area contributed by atoms with E-state index in [4.69, 9.17) is 9.47 Å². The molecule has 1 saturated carbocycles. The number of carbonyl (C=O) groups is 1. The third-order valence-corrected chi connectivity index (χ3v) is 2.73. The first kappa shape index (κ1) is 11.5. The molecule has 4 nitrogen and oxygen atoms in total. The molecule has 0 saturated heterocycles. The quantitative estimate of drug-likeness (QED) is 0.655. The van der Waals surface area contributed by atoms with Crippen molar-refractivity contribution < 1.29 is 14.3 Å².